The third-order valence-corrected chi connectivity index (χ3v) is 4.84. The smallest absolute Gasteiger partial charge is 0.210 e. The Balaban J connectivity index is 2.23. The van der Waals surface area contributed by atoms with Crippen LogP contribution in [0.25, 0.3) is 0 Å². The Morgan fingerprint density at radius 1 is 1.14 bits per heavy atom. The fraction of sp³-hybridized carbons (Fsp3) is 0.188. The van der Waals surface area contributed by atoms with Gasteiger partial charge in [-0.1, -0.05) is 48.5 Å². The van der Waals surface area contributed by atoms with Crippen molar-refractivity contribution in [3.8, 4) is 6.07 Å². The van der Waals surface area contributed by atoms with Crippen LogP contribution < -0.4 is 5.06 Å². The molecule has 1 aliphatic heterocycles. The van der Waals surface area contributed by atoms with Gasteiger partial charge in [0.1, 0.15) is 5.75 Å². The zero-order valence-corrected chi connectivity index (χ0v) is 12.7. The van der Waals surface area contributed by atoms with E-state index in [1.807, 2.05) is 25.1 Å². The molecule has 22 heavy (non-hydrogen) atoms. The fourth-order valence-electron chi connectivity index (χ4n) is 2.61. The normalized spacial score (nSPS) is 23.2. The Morgan fingerprint density at radius 2 is 1.77 bits per heavy atom. The number of nitrogens with zero attached hydrogens (tertiary/aromatic N) is 2. The highest BCUT2D eigenvalue weighted by Gasteiger charge is 2.53. The summed E-state index contributed by atoms with van der Waals surface area (Å²) >= 11 is 0. The molecule has 1 unspecified atom stereocenters. The van der Waals surface area contributed by atoms with Crippen LogP contribution in [0.5, 0.6) is 0 Å². The van der Waals surface area contributed by atoms with Gasteiger partial charge in [-0.05, 0) is 24.1 Å². The minimum absolute atomic E-state index is 0.408. The average Bonchev–Trinajstić information content (AvgIpc) is 2.81. The van der Waals surface area contributed by atoms with Gasteiger partial charge in [0.25, 0.3) is 10.1 Å². The number of hydrogen-bond donors (Lipinski definition) is 0. The summed E-state index contributed by atoms with van der Waals surface area (Å²) in [7, 11) is -3.82. The van der Waals surface area contributed by atoms with Gasteiger partial charge in [0, 0.05) is 0 Å². The number of rotatable bonds is 2. The highest BCUT2D eigenvalue weighted by atomic mass is 32.2. The lowest BCUT2D eigenvalue weighted by Crippen LogP contribution is -2.41. The third kappa shape index (κ3) is 2.25. The van der Waals surface area contributed by atoms with Crippen LogP contribution in [0, 0.1) is 18.3 Å². The van der Waals surface area contributed by atoms with E-state index in [2.05, 4.69) is 6.07 Å². The molecule has 0 aromatic heterocycles. The standard InChI is InChI=1S/C16H14N2O3S/c1-13-7-5-6-10-15(13)18-16(11-17,12-22(19,20)21-18)14-8-3-2-4-9-14/h2-10H,12H2,1H3. The number of hydroxylamine groups is 1. The highest BCUT2D eigenvalue weighted by Crippen LogP contribution is 2.41. The van der Waals surface area contributed by atoms with Crippen molar-refractivity contribution in [2.45, 2.75) is 12.5 Å². The van der Waals surface area contributed by atoms with Crippen LogP contribution in [0.1, 0.15) is 11.1 Å². The summed E-state index contributed by atoms with van der Waals surface area (Å²) in [6.07, 6.45) is 0. The van der Waals surface area contributed by atoms with Gasteiger partial charge >= 0.3 is 0 Å². The van der Waals surface area contributed by atoms with Crippen LogP contribution >= 0.6 is 0 Å². The first-order valence-electron chi connectivity index (χ1n) is 6.73. The summed E-state index contributed by atoms with van der Waals surface area (Å²) in [5.74, 6) is -0.408. The van der Waals surface area contributed by atoms with Crippen LogP contribution in [0.4, 0.5) is 5.69 Å². The molecule has 2 aromatic rings. The summed E-state index contributed by atoms with van der Waals surface area (Å²) in [5, 5.41) is 11.0. The maximum absolute atomic E-state index is 12.1. The van der Waals surface area contributed by atoms with E-state index in [1.165, 1.54) is 5.06 Å². The zero-order valence-electron chi connectivity index (χ0n) is 11.9. The van der Waals surface area contributed by atoms with Crippen LogP contribution in [0.3, 0.4) is 0 Å². The van der Waals surface area contributed by atoms with Crippen molar-refractivity contribution in [3.63, 3.8) is 0 Å². The van der Waals surface area contributed by atoms with Crippen molar-refractivity contribution in [1.82, 2.24) is 0 Å². The Morgan fingerprint density at radius 3 is 2.41 bits per heavy atom. The van der Waals surface area contributed by atoms with Crippen LogP contribution in [0.2, 0.25) is 0 Å². The lowest BCUT2D eigenvalue weighted by atomic mass is 9.92. The van der Waals surface area contributed by atoms with Gasteiger partial charge in [0.2, 0.25) is 0 Å². The molecule has 0 amide bonds. The van der Waals surface area contributed by atoms with Gasteiger partial charge in [-0.2, -0.15) is 13.7 Å². The largest absolute Gasteiger partial charge is 0.292 e. The second-order valence-electron chi connectivity index (χ2n) is 5.20. The summed E-state index contributed by atoms with van der Waals surface area (Å²) < 4.78 is 29.3. The van der Waals surface area contributed by atoms with E-state index in [4.69, 9.17) is 4.28 Å². The topological polar surface area (TPSA) is 70.4 Å². The van der Waals surface area contributed by atoms with E-state index < -0.39 is 21.4 Å². The number of para-hydroxylation sites is 1. The second kappa shape index (κ2) is 5.13. The number of benzene rings is 2. The molecule has 1 heterocycles. The Bertz CT molecular complexity index is 843. The van der Waals surface area contributed by atoms with Gasteiger partial charge in [0.15, 0.2) is 5.54 Å². The predicted octanol–water partition coefficient (Wildman–Crippen LogP) is 2.50. The SMILES string of the molecule is Cc1ccccc1N1OS(=O)(=O)CC1(C#N)c1ccccc1. The molecule has 1 atom stereocenters. The van der Waals surface area contributed by atoms with Crippen molar-refractivity contribution in [2.75, 3.05) is 10.8 Å². The molecule has 6 heteroatoms. The Labute approximate surface area is 129 Å². The van der Waals surface area contributed by atoms with Gasteiger partial charge in [-0.3, -0.25) is 0 Å². The first-order valence-corrected chi connectivity index (χ1v) is 8.31. The molecule has 0 bridgehead atoms. The van der Waals surface area contributed by atoms with Crippen molar-refractivity contribution >= 4 is 15.8 Å². The molecule has 3 rings (SSSR count). The molecule has 5 nitrogen and oxygen atoms in total. The molecule has 0 N–H and O–H groups in total. The number of aryl methyl sites for hydroxylation is 1. The molecule has 0 spiro atoms. The molecule has 2 aromatic carbocycles. The first kappa shape index (κ1) is 14.6. The van der Waals surface area contributed by atoms with Crippen molar-refractivity contribution in [1.29, 1.82) is 5.26 Å². The third-order valence-electron chi connectivity index (χ3n) is 3.69. The van der Waals surface area contributed by atoms with Crippen LogP contribution in [0.15, 0.2) is 54.6 Å². The molecule has 1 fully saturated rings. The monoisotopic (exact) mass is 314 g/mol. The van der Waals surface area contributed by atoms with Gasteiger partial charge < -0.3 is 0 Å². The molecular weight excluding hydrogens is 300 g/mol. The van der Waals surface area contributed by atoms with E-state index in [-0.39, 0.29) is 0 Å². The van der Waals surface area contributed by atoms with Crippen molar-refractivity contribution in [3.05, 3.63) is 65.7 Å². The number of anilines is 1. The molecule has 0 saturated carbocycles. The second-order valence-corrected chi connectivity index (χ2v) is 6.75. The molecule has 0 radical (unpaired) electrons. The van der Waals surface area contributed by atoms with E-state index >= 15 is 0 Å². The average molecular weight is 314 g/mol. The van der Waals surface area contributed by atoms with Gasteiger partial charge in [0.05, 0.1) is 11.8 Å². The van der Waals surface area contributed by atoms with E-state index in [9.17, 15) is 13.7 Å². The van der Waals surface area contributed by atoms with Crippen LogP contribution in [-0.4, -0.2) is 14.2 Å². The number of nitriles is 1. The van der Waals surface area contributed by atoms with Gasteiger partial charge in [-0.25, -0.2) is 5.06 Å². The summed E-state index contributed by atoms with van der Waals surface area (Å²) in [6, 6.07) is 18.2. The predicted molar refractivity (Wildman–Crippen MR) is 82.3 cm³/mol. The van der Waals surface area contributed by atoms with Gasteiger partial charge in [-0.15, -0.1) is 4.28 Å². The summed E-state index contributed by atoms with van der Waals surface area (Å²) in [4.78, 5) is 0. The maximum Gasteiger partial charge on any atom is 0.292 e. The lowest BCUT2D eigenvalue weighted by Gasteiger charge is -2.31. The lowest BCUT2D eigenvalue weighted by molar-refractivity contribution is 0.265. The molecular formula is C16H14N2O3S. The Hall–Kier alpha value is -2.36. The fourth-order valence-corrected chi connectivity index (χ4v) is 3.96. The number of hydrogen-bond acceptors (Lipinski definition) is 5. The quantitative estimate of drug-likeness (QED) is 0.851. The van der Waals surface area contributed by atoms with E-state index in [0.717, 1.165) is 5.56 Å². The highest BCUT2D eigenvalue weighted by molar-refractivity contribution is 7.87. The summed E-state index contributed by atoms with van der Waals surface area (Å²) in [6.45, 7) is 1.84. The van der Waals surface area contributed by atoms with E-state index in [0.29, 0.717) is 11.3 Å². The molecule has 0 aliphatic carbocycles. The minimum Gasteiger partial charge on any atom is -0.210 e. The molecule has 112 valence electrons. The van der Waals surface area contributed by atoms with E-state index in [1.54, 1.807) is 36.4 Å². The van der Waals surface area contributed by atoms with Crippen molar-refractivity contribution in [2.24, 2.45) is 0 Å². The first-order chi connectivity index (χ1) is 10.5. The van der Waals surface area contributed by atoms with Crippen LogP contribution in [-0.2, 0) is 19.9 Å². The molecule has 1 aliphatic rings. The Kier molecular flexibility index (Phi) is 3.39. The minimum atomic E-state index is -3.82. The van der Waals surface area contributed by atoms with Crippen molar-refractivity contribution < 1.29 is 12.7 Å². The maximum atomic E-state index is 12.1. The molecule has 1 saturated heterocycles. The summed E-state index contributed by atoms with van der Waals surface area (Å²) in [5.41, 5.74) is 0.581. The zero-order chi connectivity index (χ0) is 15.8.